The minimum Gasteiger partial charge on any atom is -0.443 e. The molecule has 48 heavy (non-hydrogen) atoms. The number of ether oxygens (including phenoxy) is 3. The molecule has 0 spiro atoms. The lowest BCUT2D eigenvalue weighted by Crippen LogP contribution is -2.42. The summed E-state index contributed by atoms with van der Waals surface area (Å²) in [6.07, 6.45) is 1.63. The molecule has 0 atom stereocenters. The molecule has 258 valence electrons. The number of hydrogen-bond acceptors (Lipinski definition) is 9. The molecular weight excluding hydrogens is 643 g/mol. The summed E-state index contributed by atoms with van der Waals surface area (Å²) < 4.78 is 61.4. The molecule has 0 aliphatic rings. The van der Waals surface area contributed by atoms with Gasteiger partial charge in [-0.25, -0.2) is 36.7 Å². The molecule has 4 rings (SSSR count). The number of halogens is 1. The maximum Gasteiger partial charge on any atom is 0.424 e. The molecule has 1 amide bonds. The number of rotatable bonds is 6. The normalized spacial score (nSPS) is 12.5. The van der Waals surface area contributed by atoms with Crippen LogP contribution >= 0.6 is 0 Å². The Hall–Kier alpha value is -4.72. The van der Waals surface area contributed by atoms with E-state index >= 15 is 0 Å². The van der Waals surface area contributed by atoms with Gasteiger partial charge in [-0.2, -0.15) is 4.31 Å². The number of amides is 1. The number of sulfonamides is 1. The first-order chi connectivity index (χ1) is 22.1. The van der Waals surface area contributed by atoms with Crippen molar-refractivity contribution in [3.8, 4) is 11.1 Å². The van der Waals surface area contributed by atoms with Crippen LogP contribution in [0.5, 0.6) is 0 Å². The fourth-order valence-electron chi connectivity index (χ4n) is 4.65. The van der Waals surface area contributed by atoms with E-state index < -0.39 is 57.5 Å². The van der Waals surface area contributed by atoms with Gasteiger partial charge in [-0.1, -0.05) is 12.1 Å². The first-order valence-corrected chi connectivity index (χ1v) is 16.7. The van der Waals surface area contributed by atoms with Gasteiger partial charge >= 0.3 is 18.3 Å². The zero-order chi connectivity index (χ0) is 35.8. The second-order valence-electron chi connectivity index (χ2n) is 14.1. The maximum absolute atomic E-state index is 14.2. The van der Waals surface area contributed by atoms with Gasteiger partial charge in [0.2, 0.25) is 0 Å². The largest absolute Gasteiger partial charge is 0.443 e. The summed E-state index contributed by atoms with van der Waals surface area (Å²) in [5.74, 6) is -0.365. The molecule has 14 heteroatoms. The summed E-state index contributed by atoms with van der Waals surface area (Å²) in [5, 5.41) is 0.536. The van der Waals surface area contributed by atoms with Crippen LogP contribution in [0.3, 0.4) is 0 Å². The lowest BCUT2D eigenvalue weighted by Gasteiger charge is -2.27. The molecule has 0 radical (unpaired) electrons. The fraction of sp³-hybridized carbons (Fsp3) is 0.412. The fourth-order valence-corrected chi connectivity index (χ4v) is 5.95. The van der Waals surface area contributed by atoms with Gasteiger partial charge in [0, 0.05) is 42.5 Å². The number of imidazole rings is 1. The number of carbonyl (C=O) groups excluding carboxylic acids is 3. The Kier molecular flexibility index (Phi) is 9.83. The quantitative estimate of drug-likeness (QED) is 0.190. The Morgan fingerprint density at radius 3 is 1.94 bits per heavy atom. The summed E-state index contributed by atoms with van der Waals surface area (Å²) >= 11 is 0. The highest BCUT2D eigenvalue weighted by atomic mass is 32.2. The molecule has 2 aromatic carbocycles. The summed E-state index contributed by atoms with van der Waals surface area (Å²) in [6, 6.07) is 9.69. The van der Waals surface area contributed by atoms with Crippen LogP contribution in [0.15, 0.2) is 66.0 Å². The van der Waals surface area contributed by atoms with Crippen LogP contribution in [0.4, 0.5) is 18.8 Å². The summed E-state index contributed by atoms with van der Waals surface area (Å²) in [4.78, 5) is 42.9. The molecule has 0 saturated heterocycles. The van der Waals surface area contributed by atoms with Crippen molar-refractivity contribution < 1.29 is 41.4 Å². The van der Waals surface area contributed by atoms with Crippen LogP contribution in [-0.4, -0.2) is 68.5 Å². The van der Waals surface area contributed by atoms with Gasteiger partial charge in [-0.05, 0) is 98.2 Å². The molecule has 0 unspecified atom stereocenters. The van der Waals surface area contributed by atoms with E-state index in [0.717, 1.165) is 4.57 Å². The van der Waals surface area contributed by atoms with Crippen molar-refractivity contribution in [2.45, 2.75) is 90.4 Å². The summed E-state index contributed by atoms with van der Waals surface area (Å²) in [5.41, 5.74) is -1.26. The van der Waals surface area contributed by atoms with Crippen molar-refractivity contribution in [1.82, 2.24) is 18.4 Å². The Labute approximate surface area is 279 Å². The van der Waals surface area contributed by atoms with Gasteiger partial charge in [0.1, 0.15) is 28.4 Å². The smallest absolute Gasteiger partial charge is 0.424 e. The van der Waals surface area contributed by atoms with Gasteiger partial charge in [0.25, 0.3) is 10.0 Å². The minimum atomic E-state index is -4.49. The SMILES string of the molecule is CC(C)(C)OC(=O)N(CCc1nccn1C(=O)OC(C)(C)C)S(=O)(=O)c1ccc(-c2cn(C(=O)OC(C)(C)C)c3cc(F)ccc23)cc1. The van der Waals surface area contributed by atoms with Gasteiger partial charge in [0.15, 0.2) is 0 Å². The molecular formula is C34H41FN4O8S. The third-order valence-corrected chi connectivity index (χ3v) is 8.33. The van der Waals surface area contributed by atoms with Crippen LogP contribution in [-0.2, 0) is 30.7 Å². The van der Waals surface area contributed by atoms with E-state index in [9.17, 15) is 27.2 Å². The highest BCUT2D eigenvalue weighted by Gasteiger charge is 2.34. The van der Waals surface area contributed by atoms with Crippen molar-refractivity contribution >= 4 is 39.2 Å². The molecule has 0 aliphatic carbocycles. The number of nitrogens with zero attached hydrogens (tertiary/aromatic N) is 4. The molecule has 2 aromatic heterocycles. The number of benzene rings is 2. The van der Waals surface area contributed by atoms with Crippen LogP contribution in [0.1, 0.15) is 68.1 Å². The molecule has 0 saturated carbocycles. The van der Waals surface area contributed by atoms with E-state index in [1.54, 1.807) is 62.3 Å². The zero-order valence-corrected chi connectivity index (χ0v) is 29.3. The Morgan fingerprint density at radius 1 is 0.812 bits per heavy atom. The highest BCUT2D eigenvalue weighted by molar-refractivity contribution is 7.89. The molecule has 12 nitrogen and oxygen atoms in total. The number of carbonyl (C=O) groups is 3. The van der Waals surface area contributed by atoms with Gasteiger partial charge in [-0.15, -0.1) is 0 Å². The minimum absolute atomic E-state index is 0.121. The molecule has 0 N–H and O–H groups in total. The van der Waals surface area contributed by atoms with Crippen molar-refractivity contribution in [2.24, 2.45) is 0 Å². The monoisotopic (exact) mass is 684 g/mol. The predicted molar refractivity (Wildman–Crippen MR) is 177 cm³/mol. The van der Waals surface area contributed by atoms with Crippen LogP contribution in [0.2, 0.25) is 0 Å². The van der Waals surface area contributed by atoms with Gasteiger partial charge in [0.05, 0.1) is 10.4 Å². The van der Waals surface area contributed by atoms with E-state index in [4.69, 9.17) is 14.2 Å². The first kappa shape index (κ1) is 36.1. The Balaban J connectivity index is 1.68. The van der Waals surface area contributed by atoms with E-state index in [0.29, 0.717) is 20.8 Å². The number of aromatic nitrogens is 3. The highest BCUT2D eigenvalue weighted by Crippen LogP contribution is 2.33. The Bertz CT molecular complexity index is 1940. The number of fused-ring (bicyclic) bond motifs is 1. The zero-order valence-electron chi connectivity index (χ0n) is 28.5. The topological polar surface area (TPSA) is 139 Å². The van der Waals surface area contributed by atoms with E-state index in [1.807, 2.05) is 0 Å². The third-order valence-electron chi connectivity index (χ3n) is 6.55. The van der Waals surface area contributed by atoms with Crippen LogP contribution in [0.25, 0.3) is 22.0 Å². The lowest BCUT2D eigenvalue weighted by molar-refractivity contribution is 0.0391. The lowest BCUT2D eigenvalue weighted by atomic mass is 10.1. The molecule has 0 aliphatic heterocycles. The second-order valence-corrected chi connectivity index (χ2v) is 15.9. The van der Waals surface area contributed by atoms with Crippen molar-refractivity contribution in [2.75, 3.05) is 6.54 Å². The second kappa shape index (κ2) is 13.1. The predicted octanol–water partition coefficient (Wildman–Crippen LogP) is 7.38. The average Bonchev–Trinajstić information content (AvgIpc) is 3.55. The van der Waals surface area contributed by atoms with Crippen molar-refractivity contribution in [1.29, 1.82) is 0 Å². The van der Waals surface area contributed by atoms with Crippen LogP contribution < -0.4 is 0 Å². The standard InChI is InChI=1S/C34H41FN4O8S/c1-32(2,3)45-29(40)37-19-17-36-28(37)16-18-39(31(42)47-34(7,8)9)48(43,44)24-13-10-22(11-14-24)26-21-38(30(41)46-33(4,5)6)27-20-23(35)12-15-25(26)27/h10-15,17,19-21H,16,18H2,1-9H3. The molecule has 4 aromatic rings. The van der Waals surface area contributed by atoms with E-state index in [1.165, 1.54) is 65.6 Å². The van der Waals surface area contributed by atoms with Crippen molar-refractivity contribution in [3.63, 3.8) is 0 Å². The van der Waals surface area contributed by atoms with E-state index in [-0.39, 0.29) is 22.7 Å². The average molecular weight is 685 g/mol. The first-order valence-electron chi connectivity index (χ1n) is 15.2. The maximum atomic E-state index is 14.2. The summed E-state index contributed by atoms with van der Waals surface area (Å²) in [7, 11) is -4.49. The molecule has 2 heterocycles. The number of hydrogen-bond donors (Lipinski definition) is 0. The van der Waals surface area contributed by atoms with Crippen molar-refractivity contribution in [3.05, 3.63) is 72.7 Å². The molecule has 0 bridgehead atoms. The Morgan fingerprint density at radius 2 is 1.38 bits per heavy atom. The van der Waals surface area contributed by atoms with Crippen LogP contribution in [0, 0.1) is 5.82 Å². The molecule has 0 fully saturated rings. The van der Waals surface area contributed by atoms with Gasteiger partial charge in [-0.3, -0.25) is 4.57 Å². The van der Waals surface area contributed by atoms with E-state index in [2.05, 4.69) is 4.98 Å². The summed E-state index contributed by atoms with van der Waals surface area (Å²) in [6.45, 7) is 14.7. The third kappa shape index (κ3) is 8.59. The van der Waals surface area contributed by atoms with Gasteiger partial charge < -0.3 is 14.2 Å².